The summed E-state index contributed by atoms with van der Waals surface area (Å²) in [6, 6.07) is 19.3. The number of rotatable bonds is 7. The lowest BCUT2D eigenvalue weighted by molar-refractivity contribution is 0.0773. The summed E-state index contributed by atoms with van der Waals surface area (Å²) in [6.07, 6.45) is 1.57. The van der Waals surface area contributed by atoms with Crippen molar-refractivity contribution in [1.29, 1.82) is 0 Å². The lowest BCUT2D eigenvalue weighted by Gasteiger charge is -2.18. The maximum atomic E-state index is 12.7. The molecule has 2 amide bonds. The Balaban J connectivity index is 1.73. The molecule has 0 radical (unpaired) electrons. The highest BCUT2D eigenvalue weighted by Crippen LogP contribution is 2.23. The molecule has 1 N–H and O–H groups in total. The molecule has 3 aromatic rings. The predicted octanol–water partition coefficient (Wildman–Crippen LogP) is 4.61. The molecule has 0 saturated carbocycles. The van der Waals surface area contributed by atoms with Crippen molar-refractivity contribution < 1.29 is 14.3 Å². The fourth-order valence-electron chi connectivity index (χ4n) is 2.83. The lowest BCUT2D eigenvalue weighted by atomic mass is 10.1. The standard InChI is InChI=1S/C23H23N3O3/c1-3-26(4-2)23(28)17-12-14-18(15-13-17)25-21(27)20-11-8-16-24-22(20)29-19-9-6-5-7-10-19/h5-16H,3-4H2,1-2H3,(H,25,27). The Morgan fingerprint density at radius 1 is 0.931 bits per heavy atom. The zero-order chi connectivity index (χ0) is 20.6. The van der Waals surface area contributed by atoms with Crippen LogP contribution in [-0.2, 0) is 0 Å². The summed E-state index contributed by atoms with van der Waals surface area (Å²) < 4.78 is 5.75. The topological polar surface area (TPSA) is 71.5 Å². The smallest absolute Gasteiger partial charge is 0.261 e. The van der Waals surface area contributed by atoms with Gasteiger partial charge in [-0.2, -0.15) is 0 Å². The van der Waals surface area contributed by atoms with Gasteiger partial charge in [-0.05, 0) is 62.4 Å². The minimum atomic E-state index is -0.341. The summed E-state index contributed by atoms with van der Waals surface area (Å²) in [5.74, 6) is 0.453. The van der Waals surface area contributed by atoms with E-state index < -0.39 is 0 Å². The van der Waals surface area contributed by atoms with Crippen LogP contribution in [0.2, 0.25) is 0 Å². The van der Waals surface area contributed by atoms with Gasteiger partial charge in [0.1, 0.15) is 11.3 Å². The molecule has 6 nitrogen and oxygen atoms in total. The van der Waals surface area contributed by atoms with Crippen LogP contribution < -0.4 is 10.1 Å². The number of nitrogens with one attached hydrogen (secondary N) is 1. The highest BCUT2D eigenvalue weighted by Gasteiger charge is 2.16. The Kier molecular flexibility index (Phi) is 6.58. The van der Waals surface area contributed by atoms with Crippen molar-refractivity contribution in [3.8, 4) is 11.6 Å². The fourth-order valence-corrected chi connectivity index (χ4v) is 2.83. The number of para-hydroxylation sites is 1. The zero-order valence-corrected chi connectivity index (χ0v) is 16.5. The van der Waals surface area contributed by atoms with E-state index in [2.05, 4.69) is 10.3 Å². The molecule has 148 valence electrons. The molecular weight excluding hydrogens is 366 g/mol. The molecule has 0 aliphatic carbocycles. The number of hydrogen-bond donors (Lipinski definition) is 1. The molecule has 0 unspecified atom stereocenters. The Morgan fingerprint density at radius 3 is 2.28 bits per heavy atom. The van der Waals surface area contributed by atoms with Crippen molar-refractivity contribution in [2.24, 2.45) is 0 Å². The van der Waals surface area contributed by atoms with Gasteiger partial charge in [0.25, 0.3) is 11.8 Å². The molecule has 29 heavy (non-hydrogen) atoms. The van der Waals surface area contributed by atoms with Gasteiger partial charge in [0.05, 0.1) is 0 Å². The minimum absolute atomic E-state index is 0.0290. The normalized spacial score (nSPS) is 10.3. The van der Waals surface area contributed by atoms with Crippen molar-refractivity contribution >= 4 is 17.5 Å². The van der Waals surface area contributed by atoms with Gasteiger partial charge >= 0.3 is 0 Å². The fraction of sp³-hybridized carbons (Fsp3) is 0.174. The maximum Gasteiger partial charge on any atom is 0.261 e. The maximum absolute atomic E-state index is 12.7. The van der Waals surface area contributed by atoms with Crippen molar-refractivity contribution in [2.45, 2.75) is 13.8 Å². The largest absolute Gasteiger partial charge is 0.438 e. The number of nitrogens with zero attached hydrogens (tertiary/aromatic N) is 2. The Hall–Kier alpha value is -3.67. The van der Waals surface area contributed by atoms with Crippen LogP contribution in [0.1, 0.15) is 34.6 Å². The van der Waals surface area contributed by atoms with Gasteiger partial charge in [0, 0.05) is 30.5 Å². The highest BCUT2D eigenvalue weighted by atomic mass is 16.5. The third-order valence-corrected chi connectivity index (χ3v) is 4.41. The molecule has 6 heteroatoms. The van der Waals surface area contributed by atoms with E-state index in [-0.39, 0.29) is 17.7 Å². The average Bonchev–Trinajstić information content (AvgIpc) is 2.76. The van der Waals surface area contributed by atoms with Gasteiger partial charge in [-0.3, -0.25) is 9.59 Å². The molecule has 0 spiro atoms. The van der Waals surface area contributed by atoms with Gasteiger partial charge < -0.3 is 15.0 Å². The summed E-state index contributed by atoms with van der Waals surface area (Å²) in [5.41, 5.74) is 1.49. The minimum Gasteiger partial charge on any atom is -0.438 e. The molecule has 0 atom stereocenters. The molecule has 1 aromatic heterocycles. The number of carbonyl (C=O) groups excluding carboxylic acids is 2. The molecule has 3 rings (SSSR count). The molecule has 0 aliphatic rings. The monoisotopic (exact) mass is 389 g/mol. The third-order valence-electron chi connectivity index (χ3n) is 4.41. The van der Waals surface area contributed by atoms with Gasteiger partial charge in [-0.25, -0.2) is 4.98 Å². The number of amides is 2. The van der Waals surface area contributed by atoms with Crippen molar-refractivity contribution in [1.82, 2.24) is 9.88 Å². The van der Waals surface area contributed by atoms with Gasteiger partial charge in [0.15, 0.2) is 0 Å². The molecule has 0 bridgehead atoms. The van der Waals surface area contributed by atoms with E-state index >= 15 is 0 Å². The van der Waals surface area contributed by atoms with Crippen LogP contribution in [0.15, 0.2) is 72.9 Å². The molecule has 1 heterocycles. The quantitative estimate of drug-likeness (QED) is 0.641. The number of carbonyl (C=O) groups is 2. The van der Waals surface area contributed by atoms with Crippen LogP contribution in [0.25, 0.3) is 0 Å². The summed E-state index contributed by atoms with van der Waals surface area (Å²) in [6.45, 7) is 5.19. The SMILES string of the molecule is CCN(CC)C(=O)c1ccc(NC(=O)c2cccnc2Oc2ccccc2)cc1. The van der Waals surface area contributed by atoms with E-state index in [0.29, 0.717) is 35.7 Å². The second kappa shape index (κ2) is 9.50. The number of anilines is 1. The van der Waals surface area contributed by atoms with Crippen LogP contribution in [0.5, 0.6) is 11.6 Å². The first-order chi connectivity index (χ1) is 14.1. The summed E-state index contributed by atoms with van der Waals surface area (Å²) >= 11 is 0. The number of benzene rings is 2. The Morgan fingerprint density at radius 2 is 1.62 bits per heavy atom. The van der Waals surface area contributed by atoms with E-state index in [0.717, 1.165) is 0 Å². The summed E-state index contributed by atoms with van der Waals surface area (Å²) in [4.78, 5) is 31.1. The van der Waals surface area contributed by atoms with Crippen LogP contribution in [0.3, 0.4) is 0 Å². The predicted molar refractivity (Wildman–Crippen MR) is 112 cm³/mol. The third kappa shape index (κ3) is 4.99. The van der Waals surface area contributed by atoms with Gasteiger partial charge in [-0.15, -0.1) is 0 Å². The molecule has 0 aliphatic heterocycles. The van der Waals surface area contributed by atoms with Gasteiger partial charge in [0.2, 0.25) is 5.88 Å². The summed E-state index contributed by atoms with van der Waals surface area (Å²) in [5, 5.41) is 2.82. The van der Waals surface area contributed by atoms with Crippen LogP contribution in [-0.4, -0.2) is 34.8 Å². The first-order valence-electron chi connectivity index (χ1n) is 9.51. The van der Waals surface area contributed by atoms with E-state index in [1.807, 2.05) is 32.0 Å². The second-order valence-corrected chi connectivity index (χ2v) is 6.28. The first-order valence-corrected chi connectivity index (χ1v) is 9.51. The van der Waals surface area contributed by atoms with Crippen molar-refractivity contribution in [2.75, 3.05) is 18.4 Å². The van der Waals surface area contributed by atoms with E-state index in [1.165, 1.54) is 0 Å². The molecule has 2 aromatic carbocycles. The Bertz CT molecular complexity index is 968. The summed E-state index contributed by atoms with van der Waals surface area (Å²) in [7, 11) is 0. The average molecular weight is 389 g/mol. The molecular formula is C23H23N3O3. The lowest BCUT2D eigenvalue weighted by Crippen LogP contribution is -2.30. The first kappa shape index (κ1) is 20.1. The van der Waals surface area contributed by atoms with E-state index in [9.17, 15) is 9.59 Å². The Labute approximate surface area is 170 Å². The second-order valence-electron chi connectivity index (χ2n) is 6.28. The van der Waals surface area contributed by atoms with Crippen molar-refractivity contribution in [3.63, 3.8) is 0 Å². The highest BCUT2D eigenvalue weighted by molar-refractivity contribution is 6.06. The molecule has 0 saturated heterocycles. The van der Waals surface area contributed by atoms with Crippen molar-refractivity contribution in [3.05, 3.63) is 84.1 Å². The number of hydrogen-bond acceptors (Lipinski definition) is 4. The number of aromatic nitrogens is 1. The van der Waals surface area contributed by atoms with Crippen LogP contribution >= 0.6 is 0 Å². The number of ether oxygens (including phenoxy) is 1. The van der Waals surface area contributed by atoms with E-state index in [4.69, 9.17) is 4.74 Å². The van der Waals surface area contributed by atoms with Crippen LogP contribution in [0.4, 0.5) is 5.69 Å². The molecule has 0 fully saturated rings. The number of pyridine rings is 1. The zero-order valence-electron chi connectivity index (χ0n) is 16.5. The van der Waals surface area contributed by atoms with Crippen LogP contribution in [0, 0.1) is 0 Å². The van der Waals surface area contributed by atoms with Gasteiger partial charge in [-0.1, -0.05) is 18.2 Å². The van der Waals surface area contributed by atoms with E-state index in [1.54, 1.807) is 59.6 Å².